The first-order chi connectivity index (χ1) is 26.3. The molecule has 0 radical (unpaired) electrons. The van der Waals surface area contributed by atoms with Crippen LogP contribution >= 0.6 is 0 Å². The minimum absolute atomic E-state index is 0.909. The lowest BCUT2D eigenvalue weighted by Gasteiger charge is -2.20. The Morgan fingerprint density at radius 1 is 0.264 bits per heavy atom. The number of rotatable bonds is 2. The van der Waals surface area contributed by atoms with E-state index in [2.05, 4.69) is 182 Å². The van der Waals surface area contributed by atoms with Crippen molar-refractivity contribution in [3.8, 4) is 22.3 Å². The first-order valence-corrected chi connectivity index (χ1v) is 18.3. The van der Waals surface area contributed by atoms with Gasteiger partial charge in [0.25, 0.3) is 0 Å². The Hall–Kier alpha value is -6.96. The third-order valence-corrected chi connectivity index (χ3v) is 11.6. The van der Waals surface area contributed by atoms with Gasteiger partial charge in [-0.25, -0.2) is 0 Å². The van der Waals surface area contributed by atoms with E-state index >= 15 is 0 Å². The molecule has 0 saturated carbocycles. The van der Waals surface area contributed by atoms with E-state index in [0.717, 1.165) is 21.9 Å². The van der Waals surface area contributed by atoms with Crippen molar-refractivity contribution < 1.29 is 4.42 Å². The van der Waals surface area contributed by atoms with E-state index in [4.69, 9.17) is 4.42 Å². The van der Waals surface area contributed by atoms with Crippen molar-refractivity contribution in [1.82, 2.24) is 0 Å². The lowest BCUT2D eigenvalue weighted by atomic mass is 9.82. The molecule has 0 saturated heterocycles. The molecule has 0 amide bonds. The van der Waals surface area contributed by atoms with Gasteiger partial charge in [-0.1, -0.05) is 152 Å². The van der Waals surface area contributed by atoms with Gasteiger partial charge >= 0.3 is 0 Å². The molecule has 0 bridgehead atoms. The van der Waals surface area contributed by atoms with Crippen molar-refractivity contribution in [2.75, 3.05) is 0 Å². The molecule has 0 fully saturated rings. The summed E-state index contributed by atoms with van der Waals surface area (Å²) < 4.78 is 6.44. The SMILES string of the molecule is c1ccc2cc3c(cc2c1)oc1ccc(-c2c4ccccc4c(-c4cc5c6ccccc6c6ccccc6c5c5ccccc45)c4ccccc24)cc13. The molecule has 1 aromatic heterocycles. The third kappa shape index (κ3) is 4.02. The summed E-state index contributed by atoms with van der Waals surface area (Å²) in [6, 6.07) is 66.9. The largest absolute Gasteiger partial charge is 0.456 e. The predicted octanol–water partition coefficient (Wildman–Crippen LogP) is 15.0. The second kappa shape index (κ2) is 10.8. The first kappa shape index (κ1) is 28.7. The van der Waals surface area contributed by atoms with Crippen molar-refractivity contribution in [3.05, 3.63) is 182 Å². The number of hydrogen-bond donors (Lipinski definition) is 0. The summed E-state index contributed by atoms with van der Waals surface area (Å²) in [7, 11) is 0. The van der Waals surface area contributed by atoms with Gasteiger partial charge in [-0.3, -0.25) is 0 Å². The standard InChI is InChI=1S/C52H30O/c1-2-14-32-29-49-45(27-31(32)13-1)44-28-33(25-26-48(44)53-49)50-40-21-9-11-23-42(40)52(43-24-12-10-22-41(43)50)47-30-46-36-17-4-3-15-34(36)35-16-5-7-19-38(35)51(46)39-20-8-6-18-37(39)47/h1-30H. The molecule has 12 aromatic rings. The van der Waals surface area contributed by atoms with Crippen LogP contribution in [0.1, 0.15) is 0 Å². The second-order valence-electron chi connectivity index (χ2n) is 14.3. The van der Waals surface area contributed by atoms with Crippen molar-refractivity contribution in [2.45, 2.75) is 0 Å². The van der Waals surface area contributed by atoms with Gasteiger partial charge in [0.2, 0.25) is 0 Å². The zero-order chi connectivity index (χ0) is 34.6. The monoisotopic (exact) mass is 670 g/mol. The van der Waals surface area contributed by atoms with Crippen LogP contribution in [-0.4, -0.2) is 0 Å². The fourth-order valence-electron chi connectivity index (χ4n) is 9.32. The Labute approximate surface area is 304 Å². The Bertz CT molecular complexity index is 3450. The Morgan fingerprint density at radius 3 is 1.36 bits per heavy atom. The van der Waals surface area contributed by atoms with Crippen molar-refractivity contribution >= 4 is 97.3 Å². The normalized spacial score (nSPS) is 12.2. The average molecular weight is 671 g/mol. The summed E-state index contributed by atoms with van der Waals surface area (Å²) in [4.78, 5) is 0. The first-order valence-electron chi connectivity index (χ1n) is 18.3. The van der Waals surface area contributed by atoms with E-state index in [1.807, 2.05) is 0 Å². The molecule has 1 heteroatoms. The minimum Gasteiger partial charge on any atom is -0.456 e. The summed E-state index contributed by atoms with van der Waals surface area (Å²) in [5.41, 5.74) is 6.80. The fraction of sp³-hybridized carbons (Fsp3) is 0. The summed E-state index contributed by atoms with van der Waals surface area (Å²) >= 11 is 0. The van der Waals surface area contributed by atoms with Crippen LogP contribution in [0.3, 0.4) is 0 Å². The van der Waals surface area contributed by atoms with Crippen molar-refractivity contribution in [2.24, 2.45) is 0 Å². The summed E-state index contributed by atoms with van der Waals surface area (Å²) in [5.74, 6) is 0. The van der Waals surface area contributed by atoms with Crippen LogP contribution in [0.2, 0.25) is 0 Å². The minimum atomic E-state index is 0.909. The smallest absolute Gasteiger partial charge is 0.136 e. The van der Waals surface area contributed by atoms with Crippen LogP contribution in [0, 0.1) is 0 Å². The van der Waals surface area contributed by atoms with Crippen LogP contribution in [0.4, 0.5) is 0 Å². The average Bonchev–Trinajstić information content (AvgIpc) is 3.58. The quantitative estimate of drug-likeness (QED) is 0.132. The van der Waals surface area contributed by atoms with Gasteiger partial charge in [0.1, 0.15) is 11.2 Å². The zero-order valence-corrected chi connectivity index (χ0v) is 28.7. The molecule has 0 spiro atoms. The molecule has 244 valence electrons. The number of furan rings is 1. The van der Waals surface area contributed by atoms with Crippen molar-refractivity contribution in [3.63, 3.8) is 0 Å². The molecule has 1 nitrogen and oxygen atoms in total. The fourth-order valence-corrected chi connectivity index (χ4v) is 9.32. The Morgan fingerprint density at radius 2 is 0.717 bits per heavy atom. The molecule has 12 rings (SSSR count). The summed E-state index contributed by atoms with van der Waals surface area (Å²) in [6.45, 7) is 0. The lowest BCUT2D eigenvalue weighted by Crippen LogP contribution is -1.93. The zero-order valence-electron chi connectivity index (χ0n) is 28.7. The van der Waals surface area contributed by atoms with Crippen LogP contribution in [-0.2, 0) is 0 Å². The van der Waals surface area contributed by atoms with Crippen LogP contribution in [0.15, 0.2) is 186 Å². The van der Waals surface area contributed by atoms with Gasteiger partial charge in [-0.2, -0.15) is 0 Å². The molecular formula is C52H30O. The Kier molecular flexibility index (Phi) is 5.84. The van der Waals surface area contributed by atoms with Gasteiger partial charge in [0, 0.05) is 10.8 Å². The number of benzene rings is 11. The molecule has 0 N–H and O–H groups in total. The maximum atomic E-state index is 6.44. The number of fused-ring (bicyclic) bond motifs is 14. The van der Waals surface area contributed by atoms with E-state index in [1.54, 1.807) is 0 Å². The molecule has 0 aliphatic carbocycles. The second-order valence-corrected chi connectivity index (χ2v) is 14.3. The van der Waals surface area contributed by atoms with Gasteiger partial charge in [-0.05, 0) is 128 Å². The van der Waals surface area contributed by atoms with E-state index in [1.165, 1.54) is 97.7 Å². The summed E-state index contributed by atoms with van der Waals surface area (Å²) in [5, 5.41) is 20.0. The molecule has 0 aliphatic heterocycles. The summed E-state index contributed by atoms with van der Waals surface area (Å²) in [6.07, 6.45) is 0. The van der Waals surface area contributed by atoms with E-state index < -0.39 is 0 Å². The maximum absolute atomic E-state index is 6.44. The molecule has 11 aromatic carbocycles. The number of hydrogen-bond acceptors (Lipinski definition) is 1. The molecule has 0 unspecified atom stereocenters. The molecule has 53 heavy (non-hydrogen) atoms. The van der Waals surface area contributed by atoms with Gasteiger partial charge in [0.05, 0.1) is 0 Å². The van der Waals surface area contributed by atoms with Gasteiger partial charge in [0.15, 0.2) is 0 Å². The molecule has 1 heterocycles. The highest BCUT2D eigenvalue weighted by molar-refractivity contribution is 6.34. The van der Waals surface area contributed by atoms with E-state index in [0.29, 0.717) is 0 Å². The molecular weight excluding hydrogens is 641 g/mol. The van der Waals surface area contributed by atoms with Crippen LogP contribution in [0.5, 0.6) is 0 Å². The lowest BCUT2D eigenvalue weighted by molar-refractivity contribution is 0.669. The highest BCUT2D eigenvalue weighted by atomic mass is 16.3. The highest BCUT2D eigenvalue weighted by Crippen LogP contribution is 2.49. The topological polar surface area (TPSA) is 13.1 Å². The van der Waals surface area contributed by atoms with E-state index in [-0.39, 0.29) is 0 Å². The Balaban J connectivity index is 1.21. The molecule has 0 aliphatic rings. The van der Waals surface area contributed by atoms with E-state index in [9.17, 15) is 0 Å². The maximum Gasteiger partial charge on any atom is 0.136 e. The highest BCUT2D eigenvalue weighted by Gasteiger charge is 2.21. The van der Waals surface area contributed by atoms with Gasteiger partial charge < -0.3 is 4.42 Å². The molecule has 0 atom stereocenters. The van der Waals surface area contributed by atoms with Gasteiger partial charge in [-0.15, -0.1) is 0 Å². The predicted molar refractivity (Wildman–Crippen MR) is 227 cm³/mol. The third-order valence-electron chi connectivity index (χ3n) is 11.6. The van der Waals surface area contributed by atoms with Crippen molar-refractivity contribution in [1.29, 1.82) is 0 Å². The van der Waals surface area contributed by atoms with Crippen LogP contribution < -0.4 is 0 Å². The van der Waals surface area contributed by atoms with Crippen LogP contribution in [0.25, 0.3) is 120 Å².